The second-order valence-electron chi connectivity index (χ2n) is 3.70. The minimum absolute atomic E-state index is 0.00935. The number of nitrogens with zero attached hydrogens (tertiary/aromatic N) is 1. The molecule has 0 aliphatic heterocycles. The molecule has 2 aromatic rings. The normalized spacial score (nSPS) is 10.2. The van der Waals surface area contributed by atoms with Crippen LogP contribution in [0.15, 0.2) is 36.5 Å². The molecular weight excluding hydrogens is 289 g/mol. The Morgan fingerprint density at radius 1 is 1.26 bits per heavy atom. The van der Waals surface area contributed by atoms with E-state index in [1.54, 1.807) is 6.07 Å². The molecular formula is C13H9Cl2NO3. The van der Waals surface area contributed by atoms with Gasteiger partial charge < -0.3 is 9.84 Å². The van der Waals surface area contributed by atoms with E-state index in [-0.39, 0.29) is 23.1 Å². The summed E-state index contributed by atoms with van der Waals surface area (Å²) >= 11 is 11.9. The van der Waals surface area contributed by atoms with Gasteiger partial charge in [-0.25, -0.2) is 9.78 Å². The molecule has 0 saturated heterocycles. The van der Waals surface area contributed by atoms with Gasteiger partial charge in [0.15, 0.2) is 0 Å². The summed E-state index contributed by atoms with van der Waals surface area (Å²) in [5, 5.41) is 9.52. The number of carboxylic acids is 1. The minimum Gasteiger partial charge on any atom is -0.478 e. The Bertz CT molecular complexity index is 617. The third kappa shape index (κ3) is 3.36. The summed E-state index contributed by atoms with van der Waals surface area (Å²) in [5.41, 5.74) is 0.805. The number of aromatic nitrogens is 1. The Kier molecular flexibility index (Phi) is 4.24. The number of halogens is 2. The van der Waals surface area contributed by atoms with Crippen LogP contribution < -0.4 is 4.74 Å². The van der Waals surface area contributed by atoms with Crippen molar-refractivity contribution in [1.29, 1.82) is 0 Å². The number of rotatable bonds is 4. The number of hydrogen-bond donors (Lipinski definition) is 1. The van der Waals surface area contributed by atoms with E-state index in [4.69, 9.17) is 33.0 Å². The number of pyridine rings is 1. The van der Waals surface area contributed by atoms with E-state index in [0.29, 0.717) is 5.02 Å². The van der Waals surface area contributed by atoms with Gasteiger partial charge in [0.2, 0.25) is 5.88 Å². The monoisotopic (exact) mass is 297 g/mol. The van der Waals surface area contributed by atoms with Crippen molar-refractivity contribution < 1.29 is 14.6 Å². The van der Waals surface area contributed by atoms with Crippen LogP contribution >= 0.6 is 23.2 Å². The smallest absolute Gasteiger partial charge is 0.337 e. The van der Waals surface area contributed by atoms with Crippen LogP contribution in [0.3, 0.4) is 0 Å². The van der Waals surface area contributed by atoms with Gasteiger partial charge in [0.1, 0.15) is 11.6 Å². The fourth-order valence-corrected chi connectivity index (χ4v) is 1.82. The quantitative estimate of drug-likeness (QED) is 0.935. The molecule has 1 heterocycles. The van der Waals surface area contributed by atoms with Crippen LogP contribution in [0.4, 0.5) is 0 Å². The van der Waals surface area contributed by atoms with E-state index in [1.807, 2.05) is 18.2 Å². The van der Waals surface area contributed by atoms with E-state index >= 15 is 0 Å². The first-order valence-corrected chi connectivity index (χ1v) is 6.08. The lowest BCUT2D eigenvalue weighted by Gasteiger charge is -2.08. The lowest BCUT2D eigenvalue weighted by atomic mass is 10.2. The summed E-state index contributed by atoms with van der Waals surface area (Å²) in [6, 6.07) is 8.52. The van der Waals surface area contributed by atoms with E-state index in [9.17, 15) is 4.79 Å². The van der Waals surface area contributed by atoms with Crippen LogP contribution in [-0.2, 0) is 6.61 Å². The molecule has 0 aliphatic carbocycles. The zero-order chi connectivity index (χ0) is 13.8. The Hall–Kier alpha value is -1.78. The van der Waals surface area contributed by atoms with Crippen LogP contribution in [0.1, 0.15) is 15.9 Å². The van der Waals surface area contributed by atoms with Crippen LogP contribution in [0.5, 0.6) is 5.88 Å². The molecule has 1 N–H and O–H groups in total. The Morgan fingerprint density at radius 2 is 2.00 bits per heavy atom. The molecule has 98 valence electrons. The lowest BCUT2D eigenvalue weighted by Crippen LogP contribution is -2.01. The van der Waals surface area contributed by atoms with Gasteiger partial charge in [-0.2, -0.15) is 0 Å². The summed E-state index contributed by atoms with van der Waals surface area (Å²) in [6.45, 7) is 0.207. The van der Waals surface area contributed by atoms with Crippen molar-refractivity contribution in [1.82, 2.24) is 4.98 Å². The maximum absolute atomic E-state index is 10.7. The van der Waals surface area contributed by atoms with Crippen LogP contribution in [0.25, 0.3) is 0 Å². The molecule has 0 saturated carbocycles. The Labute approximate surface area is 119 Å². The highest BCUT2D eigenvalue weighted by Crippen LogP contribution is 2.24. The zero-order valence-corrected chi connectivity index (χ0v) is 11.1. The van der Waals surface area contributed by atoms with Gasteiger partial charge in [-0.1, -0.05) is 41.4 Å². The number of aromatic carboxylic acids is 1. The lowest BCUT2D eigenvalue weighted by molar-refractivity contribution is 0.0696. The Morgan fingerprint density at radius 3 is 2.63 bits per heavy atom. The molecule has 0 spiro atoms. The number of hydrogen-bond acceptors (Lipinski definition) is 3. The largest absolute Gasteiger partial charge is 0.478 e. The van der Waals surface area contributed by atoms with E-state index in [2.05, 4.69) is 4.98 Å². The van der Waals surface area contributed by atoms with Gasteiger partial charge in [0.25, 0.3) is 0 Å². The highest BCUT2D eigenvalue weighted by molar-refractivity contribution is 6.32. The fourth-order valence-electron chi connectivity index (χ4n) is 1.41. The molecule has 6 heteroatoms. The standard InChI is InChI=1S/C13H9Cl2NO3/c14-10-4-2-1-3-8(10)7-19-12-11(15)5-9(6-16-12)13(17)18/h1-6H,7H2,(H,17,18). The second-order valence-corrected chi connectivity index (χ2v) is 4.51. The van der Waals surface area contributed by atoms with Crippen molar-refractivity contribution in [2.45, 2.75) is 6.61 Å². The van der Waals surface area contributed by atoms with Crippen molar-refractivity contribution in [3.8, 4) is 5.88 Å². The maximum atomic E-state index is 10.7. The van der Waals surface area contributed by atoms with Gasteiger partial charge in [-0.15, -0.1) is 0 Å². The minimum atomic E-state index is -1.09. The topological polar surface area (TPSA) is 59.4 Å². The van der Waals surface area contributed by atoms with Crippen LogP contribution in [-0.4, -0.2) is 16.1 Å². The molecule has 0 bridgehead atoms. The molecule has 0 amide bonds. The van der Waals surface area contributed by atoms with E-state index in [0.717, 1.165) is 5.56 Å². The SMILES string of the molecule is O=C(O)c1cnc(OCc2ccccc2Cl)c(Cl)c1. The molecule has 0 radical (unpaired) electrons. The van der Waals surface area contributed by atoms with Crippen molar-refractivity contribution in [3.05, 3.63) is 57.7 Å². The average molecular weight is 298 g/mol. The van der Waals surface area contributed by atoms with Crippen LogP contribution in [0.2, 0.25) is 10.0 Å². The predicted molar refractivity (Wildman–Crippen MR) is 72.0 cm³/mol. The van der Waals surface area contributed by atoms with Gasteiger partial charge in [-0.3, -0.25) is 0 Å². The average Bonchev–Trinajstić information content (AvgIpc) is 2.39. The molecule has 1 aromatic heterocycles. The molecule has 0 aliphatic rings. The van der Waals surface area contributed by atoms with E-state index < -0.39 is 5.97 Å². The summed E-state index contributed by atoms with van der Waals surface area (Å²) in [5.74, 6) is -0.918. The van der Waals surface area contributed by atoms with Crippen molar-refractivity contribution >= 4 is 29.2 Å². The number of carboxylic acid groups (broad SMARTS) is 1. The number of benzene rings is 1. The van der Waals surface area contributed by atoms with Crippen LogP contribution in [0, 0.1) is 0 Å². The summed E-state index contributed by atoms with van der Waals surface area (Å²) in [4.78, 5) is 14.6. The maximum Gasteiger partial charge on any atom is 0.337 e. The highest BCUT2D eigenvalue weighted by atomic mass is 35.5. The fraction of sp³-hybridized carbons (Fsp3) is 0.0769. The highest BCUT2D eigenvalue weighted by Gasteiger charge is 2.10. The number of ether oxygens (including phenoxy) is 1. The molecule has 4 nitrogen and oxygen atoms in total. The first-order valence-electron chi connectivity index (χ1n) is 5.33. The zero-order valence-electron chi connectivity index (χ0n) is 9.64. The van der Waals surface area contributed by atoms with Gasteiger partial charge in [0.05, 0.1) is 5.56 Å². The molecule has 0 unspecified atom stereocenters. The third-order valence-electron chi connectivity index (χ3n) is 2.38. The van der Waals surface area contributed by atoms with Crippen molar-refractivity contribution in [2.75, 3.05) is 0 Å². The summed E-state index contributed by atoms with van der Waals surface area (Å²) in [6.07, 6.45) is 1.19. The molecule has 0 fully saturated rings. The first-order chi connectivity index (χ1) is 9.08. The second kappa shape index (κ2) is 5.91. The van der Waals surface area contributed by atoms with E-state index in [1.165, 1.54) is 12.3 Å². The molecule has 1 aromatic carbocycles. The van der Waals surface area contributed by atoms with Gasteiger partial charge in [0, 0.05) is 16.8 Å². The summed E-state index contributed by atoms with van der Waals surface area (Å²) in [7, 11) is 0. The molecule has 19 heavy (non-hydrogen) atoms. The Balaban J connectivity index is 2.12. The van der Waals surface area contributed by atoms with Gasteiger partial charge in [-0.05, 0) is 12.1 Å². The van der Waals surface area contributed by atoms with Gasteiger partial charge >= 0.3 is 5.97 Å². The summed E-state index contributed by atoms with van der Waals surface area (Å²) < 4.78 is 5.42. The first kappa shape index (κ1) is 13.6. The number of carbonyl (C=O) groups is 1. The molecule has 0 atom stereocenters. The molecule has 2 rings (SSSR count). The van der Waals surface area contributed by atoms with Crippen molar-refractivity contribution in [3.63, 3.8) is 0 Å². The predicted octanol–water partition coefficient (Wildman–Crippen LogP) is 3.67. The third-order valence-corrected chi connectivity index (χ3v) is 3.02. The van der Waals surface area contributed by atoms with Crippen molar-refractivity contribution in [2.24, 2.45) is 0 Å².